The zero-order chi connectivity index (χ0) is 17.3. The van der Waals surface area contributed by atoms with Crippen LogP contribution >= 0.6 is 0 Å². The smallest absolute Gasteiger partial charge is 0.222 e. The molecule has 8 heteroatoms. The molecule has 2 saturated heterocycles. The van der Waals surface area contributed by atoms with Gasteiger partial charge in [0.05, 0.1) is 30.8 Å². The van der Waals surface area contributed by atoms with E-state index >= 15 is 0 Å². The number of nitrogens with two attached hydrogens (primary N) is 1. The molecule has 25 heavy (non-hydrogen) atoms. The van der Waals surface area contributed by atoms with Gasteiger partial charge < -0.3 is 25.0 Å². The standard InChI is InChI=1S/C17H24N6O2/c18-16-20-14(13-1-8-25-10-13)9-15(21-16)23-5-2-17(24,3-6-23)11-22-7-4-19-12-22/h4,7,9,12-13,24H,1-3,5-6,8,10-11H2,(H2,18,20,21). The van der Waals surface area contributed by atoms with Gasteiger partial charge in [-0.2, -0.15) is 4.98 Å². The Bertz CT molecular complexity index is 706. The van der Waals surface area contributed by atoms with Crippen molar-refractivity contribution >= 4 is 11.8 Å². The van der Waals surface area contributed by atoms with Gasteiger partial charge >= 0.3 is 0 Å². The van der Waals surface area contributed by atoms with E-state index < -0.39 is 5.60 Å². The molecule has 0 saturated carbocycles. The molecular weight excluding hydrogens is 320 g/mol. The van der Waals surface area contributed by atoms with Crippen molar-refractivity contribution in [2.75, 3.05) is 36.9 Å². The number of aromatic nitrogens is 4. The SMILES string of the molecule is Nc1nc(C2CCOC2)cc(N2CCC(O)(Cn3ccnc3)CC2)n1. The molecule has 2 fully saturated rings. The monoisotopic (exact) mass is 344 g/mol. The minimum Gasteiger partial charge on any atom is -0.388 e. The van der Waals surface area contributed by atoms with Gasteiger partial charge in [-0.1, -0.05) is 0 Å². The molecule has 2 aromatic rings. The number of nitrogens with zero attached hydrogens (tertiary/aromatic N) is 5. The molecule has 1 unspecified atom stereocenters. The third-order valence-electron chi connectivity index (χ3n) is 5.15. The average molecular weight is 344 g/mol. The van der Waals surface area contributed by atoms with E-state index in [1.807, 2.05) is 16.8 Å². The molecular formula is C17H24N6O2. The Morgan fingerprint density at radius 1 is 1.32 bits per heavy atom. The Kier molecular flexibility index (Phi) is 4.30. The van der Waals surface area contributed by atoms with Crippen LogP contribution in [0.5, 0.6) is 0 Å². The summed E-state index contributed by atoms with van der Waals surface area (Å²) in [5, 5.41) is 10.8. The summed E-state index contributed by atoms with van der Waals surface area (Å²) in [6.07, 6.45) is 7.68. The highest BCUT2D eigenvalue weighted by Gasteiger charge is 2.33. The van der Waals surface area contributed by atoms with Crippen molar-refractivity contribution in [3.05, 3.63) is 30.5 Å². The topological polar surface area (TPSA) is 102 Å². The molecule has 0 aliphatic carbocycles. The highest BCUT2D eigenvalue weighted by atomic mass is 16.5. The highest BCUT2D eigenvalue weighted by molar-refractivity contribution is 5.45. The molecule has 0 bridgehead atoms. The van der Waals surface area contributed by atoms with E-state index in [1.54, 1.807) is 12.5 Å². The predicted molar refractivity (Wildman–Crippen MR) is 93.2 cm³/mol. The second-order valence-corrected chi connectivity index (χ2v) is 7.02. The number of ether oxygens (including phenoxy) is 1. The fourth-order valence-corrected chi connectivity index (χ4v) is 3.64. The number of aliphatic hydroxyl groups is 1. The molecule has 2 aliphatic rings. The minimum atomic E-state index is -0.710. The zero-order valence-electron chi connectivity index (χ0n) is 14.2. The Balaban J connectivity index is 1.45. The third kappa shape index (κ3) is 3.59. The molecule has 134 valence electrons. The van der Waals surface area contributed by atoms with E-state index in [9.17, 15) is 5.11 Å². The molecule has 8 nitrogen and oxygen atoms in total. The van der Waals surface area contributed by atoms with Gasteiger partial charge in [-0.3, -0.25) is 0 Å². The van der Waals surface area contributed by atoms with E-state index in [0.717, 1.165) is 37.6 Å². The Morgan fingerprint density at radius 2 is 2.16 bits per heavy atom. The number of piperidine rings is 1. The Morgan fingerprint density at radius 3 is 2.84 bits per heavy atom. The fraction of sp³-hybridized carbons (Fsp3) is 0.588. The number of imidazole rings is 1. The van der Waals surface area contributed by atoms with Crippen LogP contribution in [0.15, 0.2) is 24.8 Å². The minimum absolute atomic E-state index is 0.298. The first-order valence-electron chi connectivity index (χ1n) is 8.77. The van der Waals surface area contributed by atoms with Gasteiger partial charge in [0.15, 0.2) is 0 Å². The third-order valence-corrected chi connectivity index (χ3v) is 5.15. The number of anilines is 2. The molecule has 0 amide bonds. The van der Waals surface area contributed by atoms with Crippen LogP contribution in [0.4, 0.5) is 11.8 Å². The largest absolute Gasteiger partial charge is 0.388 e. The fourth-order valence-electron chi connectivity index (χ4n) is 3.64. The van der Waals surface area contributed by atoms with Gasteiger partial charge in [0.2, 0.25) is 5.95 Å². The van der Waals surface area contributed by atoms with Crippen molar-refractivity contribution in [2.45, 2.75) is 37.3 Å². The van der Waals surface area contributed by atoms with Gasteiger partial charge in [-0.05, 0) is 19.3 Å². The van der Waals surface area contributed by atoms with Gasteiger partial charge in [0, 0.05) is 44.1 Å². The molecule has 2 aliphatic heterocycles. The first kappa shape index (κ1) is 16.3. The summed E-state index contributed by atoms with van der Waals surface area (Å²) in [6.45, 7) is 3.51. The lowest BCUT2D eigenvalue weighted by Crippen LogP contribution is -2.47. The zero-order valence-corrected chi connectivity index (χ0v) is 14.2. The molecule has 3 N–H and O–H groups in total. The van der Waals surface area contributed by atoms with Crippen molar-refractivity contribution in [3.8, 4) is 0 Å². The van der Waals surface area contributed by atoms with Gasteiger partial charge in [0.1, 0.15) is 5.82 Å². The first-order valence-corrected chi connectivity index (χ1v) is 8.77. The van der Waals surface area contributed by atoms with Crippen molar-refractivity contribution in [1.82, 2.24) is 19.5 Å². The number of hydrogen-bond donors (Lipinski definition) is 2. The molecule has 1 atom stereocenters. The van der Waals surface area contributed by atoms with Crippen LogP contribution in [0.2, 0.25) is 0 Å². The second kappa shape index (κ2) is 6.61. The van der Waals surface area contributed by atoms with Crippen LogP contribution in [0.1, 0.15) is 30.9 Å². The van der Waals surface area contributed by atoms with E-state index in [4.69, 9.17) is 10.5 Å². The molecule has 0 spiro atoms. The maximum Gasteiger partial charge on any atom is 0.222 e. The van der Waals surface area contributed by atoms with Crippen LogP contribution < -0.4 is 10.6 Å². The molecule has 0 radical (unpaired) electrons. The summed E-state index contributed by atoms with van der Waals surface area (Å²) >= 11 is 0. The normalized spacial score (nSPS) is 23.1. The highest BCUT2D eigenvalue weighted by Crippen LogP contribution is 2.30. The van der Waals surface area contributed by atoms with E-state index in [1.165, 1.54) is 0 Å². The maximum atomic E-state index is 10.8. The van der Waals surface area contributed by atoms with Crippen molar-refractivity contribution in [1.29, 1.82) is 0 Å². The number of nitrogen functional groups attached to an aromatic ring is 1. The molecule has 0 aromatic carbocycles. The van der Waals surface area contributed by atoms with Crippen LogP contribution in [0.25, 0.3) is 0 Å². The molecule has 4 rings (SSSR count). The predicted octanol–water partition coefficient (Wildman–Crippen LogP) is 0.791. The quantitative estimate of drug-likeness (QED) is 0.845. The second-order valence-electron chi connectivity index (χ2n) is 7.02. The summed E-state index contributed by atoms with van der Waals surface area (Å²) in [7, 11) is 0. The number of hydrogen-bond acceptors (Lipinski definition) is 7. The summed E-state index contributed by atoms with van der Waals surface area (Å²) in [5.41, 5.74) is 6.18. The van der Waals surface area contributed by atoms with Gasteiger partial charge in [0.25, 0.3) is 0 Å². The average Bonchev–Trinajstić information content (AvgIpc) is 3.28. The van der Waals surface area contributed by atoms with E-state index in [-0.39, 0.29) is 0 Å². The first-order chi connectivity index (χ1) is 12.1. The maximum absolute atomic E-state index is 10.8. The Labute approximate surface area is 146 Å². The van der Waals surface area contributed by atoms with E-state index in [0.29, 0.717) is 37.9 Å². The summed E-state index contributed by atoms with van der Waals surface area (Å²) in [6, 6.07) is 2.02. The summed E-state index contributed by atoms with van der Waals surface area (Å²) < 4.78 is 7.39. The van der Waals surface area contributed by atoms with Crippen LogP contribution in [0.3, 0.4) is 0 Å². The summed E-state index contributed by atoms with van der Waals surface area (Å²) in [4.78, 5) is 15.0. The Hall–Kier alpha value is -2.19. The van der Waals surface area contributed by atoms with E-state index in [2.05, 4.69) is 19.9 Å². The molecule has 2 aromatic heterocycles. The lowest BCUT2D eigenvalue weighted by Gasteiger charge is -2.39. The van der Waals surface area contributed by atoms with Crippen molar-refractivity contribution in [2.24, 2.45) is 0 Å². The lowest BCUT2D eigenvalue weighted by molar-refractivity contribution is -0.000178. The van der Waals surface area contributed by atoms with Crippen LogP contribution in [-0.4, -0.2) is 56.5 Å². The van der Waals surface area contributed by atoms with Gasteiger partial charge in [-0.25, -0.2) is 9.97 Å². The molecule has 4 heterocycles. The lowest BCUT2D eigenvalue weighted by atomic mass is 9.91. The van der Waals surface area contributed by atoms with Crippen molar-refractivity contribution < 1.29 is 9.84 Å². The summed E-state index contributed by atoms with van der Waals surface area (Å²) in [5.74, 6) is 1.45. The van der Waals surface area contributed by atoms with Crippen molar-refractivity contribution in [3.63, 3.8) is 0 Å². The number of rotatable bonds is 4. The van der Waals surface area contributed by atoms with Crippen LogP contribution in [0, 0.1) is 0 Å². The van der Waals surface area contributed by atoms with Crippen LogP contribution in [-0.2, 0) is 11.3 Å². The van der Waals surface area contributed by atoms with Gasteiger partial charge in [-0.15, -0.1) is 0 Å².